The van der Waals surface area contributed by atoms with Crippen molar-refractivity contribution in [3.05, 3.63) is 18.0 Å². The Labute approximate surface area is 96.5 Å². The van der Waals surface area contributed by atoms with Crippen LogP contribution in [-0.2, 0) is 6.42 Å². The molecule has 84 valence electrons. The van der Waals surface area contributed by atoms with Gasteiger partial charge in [0, 0.05) is 37.8 Å². The molecule has 0 N–H and O–H groups in total. The van der Waals surface area contributed by atoms with E-state index < -0.39 is 0 Å². The molecule has 15 heavy (non-hydrogen) atoms. The van der Waals surface area contributed by atoms with E-state index in [4.69, 9.17) is 11.6 Å². The zero-order chi connectivity index (χ0) is 11.3. The van der Waals surface area contributed by atoms with Crippen molar-refractivity contribution in [2.45, 2.75) is 31.6 Å². The second-order valence-electron chi connectivity index (χ2n) is 3.83. The lowest BCUT2D eigenvalue weighted by Crippen LogP contribution is -2.14. The van der Waals surface area contributed by atoms with Crippen LogP contribution in [0, 0.1) is 0 Å². The normalized spacial score (nSPS) is 12.5. The summed E-state index contributed by atoms with van der Waals surface area (Å²) in [6.45, 7) is 2.14. The molecule has 0 aliphatic carbocycles. The monoisotopic (exact) mass is 227 g/mol. The predicted molar refractivity (Wildman–Crippen MR) is 64.6 cm³/mol. The molecule has 0 aliphatic heterocycles. The van der Waals surface area contributed by atoms with Gasteiger partial charge in [-0.25, -0.2) is 9.97 Å². The van der Waals surface area contributed by atoms with E-state index in [0.29, 0.717) is 0 Å². The standard InChI is InChI=1S/C11H18ClN3/c1-4-5-9(12)8-10-6-7-13-11(14-10)15(2)3/h6-7,9H,4-5,8H2,1-3H3. The summed E-state index contributed by atoms with van der Waals surface area (Å²) in [6, 6.07) is 1.93. The highest BCUT2D eigenvalue weighted by Crippen LogP contribution is 2.12. The van der Waals surface area contributed by atoms with E-state index >= 15 is 0 Å². The molecule has 0 radical (unpaired) electrons. The van der Waals surface area contributed by atoms with E-state index in [0.717, 1.165) is 30.9 Å². The molecule has 3 nitrogen and oxygen atoms in total. The zero-order valence-electron chi connectivity index (χ0n) is 9.57. The van der Waals surface area contributed by atoms with E-state index in [1.165, 1.54) is 0 Å². The van der Waals surface area contributed by atoms with Crippen LogP contribution in [0.2, 0.25) is 0 Å². The van der Waals surface area contributed by atoms with Crippen molar-refractivity contribution in [2.75, 3.05) is 19.0 Å². The molecule has 0 saturated carbocycles. The lowest BCUT2D eigenvalue weighted by atomic mass is 10.1. The van der Waals surface area contributed by atoms with Gasteiger partial charge in [-0.15, -0.1) is 11.6 Å². The minimum absolute atomic E-state index is 0.180. The molecule has 1 atom stereocenters. The van der Waals surface area contributed by atoms with Crippen LogP contribution in [0.5, 0.6) is 0 Å². The highest BCUT2D eigenvalue weighted by Gasteiger charge is 2.07. The van der Waals surface area contributed by atoms with E-state index in [1.54, 1.807) is 6.20 Å². The van der Waals surface area contributed by atoms with Gasteiger partial charge in [0.25, 0.3) is 0 Å². The SMILES string of the molecule is CCCC(Cl)Cc1ccnc(N(C)C)n1. The van der Waals surface area contributed by atoms with Gasteiger partial charge in [-0.05, 0) is 12.5 Å². The van der Waals surface area contributed by atoms with E-state index in [2.05, 4.69) is 16.9 Å². The average molecular weight is 228 g/mol. The third-order valence-corrected chi connectivity index (χ3v) is 2.51. The van der Waals surface area contributed by atoms with E-state index in [1.807, 2.05) is 25.1 Å². The Morgan fingerprint density at radius 3 is 2.80 bits per heavy atom. The van der Waals surface area contributed by atoms with Crippen LogP contribution < -0.4 is 4.90 Å². The van der Waals surface area contributed by atoms with Gasteiger partial charge in [-0.2, -0.15) is 0 Å². The summed E-state index contributed by atoms with van der Waals surface area (Å²) in [6.07, 6.45) is 4.74. The number of aromatic nitrogens is 2. The molecule has 1 heterocycles. The Balaban J connectivity index is 2.65. The van der Waals surface area contributed by atoms with Gasteiger partial charge in [0.05, 0.1) is 0 Å². The predicted octanol–water partition coefficient (Wildman–Crippen LogP) is 2.49. The maximum absolute atomic E-state index is 6.17. The fourth-order valence-electron chi connectivity index (χ4n) is 1.36. The van der Waals surface area contributed by atoms with Crippen molar-refractivity contribution in [1.82, 2.24) is 9.97 Å². The summed E-state index contributed by atoms with van der Waals surface area (Å²) in [5.41, 5.74) is 1.02. The largest absolute Gasteiger partial charge is 0.347 e. The molecular formula is C11H18ClN3. The summed E-state index contributed by atoms with van der Waals surface area (Å²) in [5, 5.41) is 0.180. The highest BCUT2D eigenvalue weighted by atomic mass is 35.5. The van der Waals surface area contributed by atoms with Crippen LogP contribution in [0.1, 0.15) is 25.5 Å². The molecule has 1 aromatic heterocycles. The highest BCUT2D eigenvalue weighted by molar-refractivity contribution is 6.20. The van der Waals surface area contributed by atoms with Crippen molar-refractivity contribution >= 4 is 17.5 Å². The molecule has 4 heteroatoms. The smallest absolute Gasteiger partial charge is 0.224 e. The van der Waals surface area contributed by atoms with Crippen molar-refractivity contribution in [3.63, 3.8) is 0 Å². The molecule has 0 amide bonds. The Kier molecular flexibility index (Phi) is 4.82. The molecule has 0 fully saturated rings. The Hall–Kier alpha value is -0.830. The lowest BCUT2D eigenvalue weighted by Gasteiger charge is -2.12. The Bertz CT molecular complexity index is 302. The fraction of sp³-hybridized carbons (Fsp3) is 0.636. The van der Waals surface area contributed by atoms with E-state index in [9.17, 15) is 0 Å². The first kappa shape index (κ1) is 12.2. The third kappa shape index (κ3) is 4.04. The van der Waals surface area contributed by atoms with Gasteiger partial charge in [-0.3, -0.25) is 0 Å². The molecule has 0 aromatic carbocycles. The molecule has 1 aromatic rings. The summed E-state index contributed by atoms with van der Waals surface area (Å²) in [7, 11) is 3.87. The lowest BCUT2D eigenvalue weighted by molar-refractivity contribution is 0.713. The number of halogens is 1. The molecule has 0 bridgehead atoms. The van der Waals surface area contributed by atoms with Crippen molar-refractivity contribution in [3.8, 4) is 0 Å². The molecule has 0 spiro atoms. The zero-order valence-corrected chi connectivity index (χ0v) is 10.3. The van der Waals surface area contributed by atoms with Gasteiger partial charge >= 0.3 is 0 Å². The van der Waals surface area contributed by atoms with Crippen LogP contribution in [0.25, 0.3) is 0 Å². The van der Waals surface area contributed by atoms with Crippen molar-refractivity contribution in [2.24, 2.45) is 0 Å². The van der Waals surface area contributed by atoms with Gasteiger partial charge in [0.2, 0.25) is 5.95 Å². The first-order chi connectivity index (χ1) is 7.13. The Morgan fingerprint density at radius 2 is 2.20 bits per heavy atom. The maximum atomic E-state index is 6.17. The van der Waals surface area contributed by atoms with Crippen LogP contribution in [0.4, 0.5) is 5.95 Å². The molecule has 1 rings (SSSR count). The summed E-state index contributed by atoms with van der Waals surface area (Å²) >= 11 is 6.17. The number of nitrogens with zero attached hydrogens (tertiary/aromatic N) is 3. The first-order valence-electron chi connectivity index (χ1n) is 5.26. The van der Waals surface area contributed by atoms with E-state index in [-0.39, 0.29) is 5.38 Å². The summed E-state index contributed by atoms with van der Waals surface area (Å²) < 4.78 is 0. The van der Waals surface area contributed by atoms with Gasteiger partial charge < -0.3 is 4.90 Å². The van der Waals surface area contributed by atoms with Crippen molar-refractivity contribution < 1.29 is 0 Å². The maximum Gasteiger partial charge on any atom is 0.224 e. The van der Waals surface area contributed by atoms with Gasteiger partial charge in [0.1, 0.15) is 0 Å². The topological polar surface area (TPSA) is 29.0 Å². The summed E-state index contributed by atoms with van der Waals surface area (Å²) in [5.74, 6) is 0.743. The number of anilines is 1. The molecule has 0 aliphatic rings. The van der Waals surface area contributed by atoms with Crippen LogP contribution in [0.3, 0.4) is 0 Å². The quantitative estimate of drug-likeness (QED) is 0.724. The van der Waals surface area contributed by atoms with Crippen LogP contribution >= 0.6 is 11.6 Å². The minimum atomic E-state index is 0.180. The van der Waals surface area contributed by atoms with Crippen LogP contribution in [-0.4, -0.2) is 29.4 Å². The minimum Gasteiger partial charge on any atom is -0.347 e. The second-order valence-corrected chi connectivity index (χ2v) is 4.45. The van der Waals surface area contributed by atoms with Crippen LogP contribution in [0.15, 0.2) is 12.3 Å². The third-order valence-electron chi connectivity index (χ3n) is 2.13. The first-order valence-corrected chi connectivity index (χ1v) is 5.70. The number of hydrogen-bond acceptors (Lipinski definition) is 3. The fourth-order valence-corrected chi connectivity index (χ4v) is 1.73. The molecule has 1 unspecified atom stereocenters. The molecular weight excluding hydrogens is 210 g/mol. The average Bonchev–Trinajstić information content (AvgIpc) is 2.18. The summed E-state index contributed by atoms with van der Waals surface area (Å²) in [4.78, 5) is 10.5. The van der Waals surface area contributed by atoms with Crippen molar-refractivity contribution in [1.29, 1.82) is 0 Å². The number of hydrogen-bond donors (Lipinski definition) is 0. The Morgan fingerprint density at radius 1 is 1.47 bits per heavy atom. The van der Waals surface area contributed by atoms with Gasteiger partial charge in [-0.1, -0.05) is 13.3 Å². The molecule has 0 saturated heterocycles. The second kappa shape index (κ2) is 5.91. The number of rotatable bonds is 5. The van der Waals surface area contributed by atoms with Gasteiger partial charge in [0.15, 0.2) is 0 Å². The number of alkyl halides is 1.